The van der Waals surface area contributed by atoms with E-state index in [0.29, 0.717) is 5.69 Å². The summed E-state index contributed by atoms with van der Waals surface area (Å²) in [5, 5.41) is 8.82. The van der Waals surface area contributed by atoms with Gasteiger partial charge >= 0.3 is 0 Å². The van der Waals surface area contributed by atoms with Gasteiger partial charge in [-0.05, 0) is 37.9 Å². The number of nitriles is 1. The lowest BCUT2D eigenvalue weighted by Gasteiger charge is -2.36. The molecule has 0 bridgehead atoms. The van der Waals surface area contributed by atoms with Crippen LogP contribution in [-0.2, 0) is 6.54 Å². The maximum Gasteiger partial charge on any atom is 0.140 e. The van der Waals surface area contributed by atoms with E-state index in [1.165, 1.54) is 5.56 Å². The molecule has 3 rings (SSSR count). The Morgan fingerprint density at radius 3 is 2.29 bits per heavy atom. The quantitative estimate of drug-likeness (QED) is 0.854. The third-order valence-corrected chi connectivity index (χ3v) is 4.14. The lowest BCUT2D eigenvalue weighted by atomic mass is 10.2. The number of piperazine rings is 1. The highest BCUT2D eigenvalue weighted by Crippen LogP contribution is 2.19. The number of nitrogens with zero attached hydrogens (tertiary/aromatic N) is 6. The first-order valence-corrected chi connectivity index (χ1v) is 8.11. The molecule has 0 spiro atoms. The highest BCUT2D eigenvalue weighted by Gasteiger charge is 2.18. The molecule has 0 radical (unpaired) electrons. The van der Waals surface area contributed by atoms with Crippen molar-refractivity contribution in [2.45, 2.75) is 6.54 Å². The fourth-order valence-corrected chi connectivity index (χ4v) is 2.90. The Labute approximate surface area is 143 Å². The summed E-state index contributed by atoms with van der Waals surface area (Å²) in [4.78, 5) is 15.5. The van der Waals surface area contributed by atoms with Gasteiger partial charge in [0.1, 0.15) is 17.6 Å². The molecular weight excluding hydrogens is 300 g/mol. The normalized spacial score (nSPS) is 14.8. The standard InChI is InChI=1S/C18H22N6/c1-22(2)14-15-3-6-18(21-12-15)24-9-7-23(8-10-24)17-5-4-16(11-19)20-13-17/h3-6,12-13H,7-10,14H2,1-2H3. The maximum atomic E-state index is 8.82. The summed E-state index contributed by atoms with van der Waals surface area (Å²) in [6, 6.07) is 10.1. The lowest BCUT2D eigenvalue weighted by molar-refractivity contribution is 0.402. The molecule has 0 amide bonds. The van der Waals surface area contributed by atoms with E-state index in [1.807, 2.05) is 12.3 Å². The number of hydrogen-bond donors (Lipinski definition) is 0. The van der Waals surface area contributed by atoms with E-state index in [4.69, 9.17) is 5.26 Å². The van der Waals surface area contributed by atoms with Crippen LogP contribution in [0, 0.1) is 11.3 Å². The van der Waals surface area contributed by atoms with Crippen LogP contribution in [-0.4, -0.2) is 55.1 Å². The van der Waals surface area contributed by atoms with Crippen molar-refractivity contribution in [2.24, 2.45) is 0 Å². The molecule has 24 heavy (non-hydrogen) atoms. The van der Waals surface area contributed by atoms with Gasteiger partial charge in [-0.1, -0.05) is 6.07 Å². The molecule has 0 saturated carbocycles. The van der Waals surface area contributed by atoms with E-state index in [-0.39, 0.29) is 0 Å². The number of rotatable bonds is 4. The zero-order chi connectivity index (χ0) is 16.9. The van der Waals surface area contributed by atoms with Crippen molar-refractivity contribution in [3.8, 4) is 6.07 Å². The van der Waals surface area contributed by atoms with Crippen LogP contribution in [0.25, 0.3) is 0 Å². The van der Waals surface area contributed by atoms with Gasteiger partial charge in [0, 0.05) is 38.9 Å². The Kier molecular flexibility index (Phi) is 4.92. The molecule has 0 aliphatic carbocycles. The first-order chi connectivity index (χ1) is 11.7. The van der Waals surface area contributed by atoms with Crippen LogP contribution in [0.1, 0.15) is 11.3 Å². The van der Waals surface area contributed by atoms with Gasteiger partial charge in [0.05, 0.1) is 11.9 Å². The molecule has 1 saturated heterocycles. The van der Waals surface area contributed by atoms with Crippen LogP contribution in [0.5, 0.6) is 0 Å². The molecule has 1 aliphatic rings. The van der Waals surface area contributed by atoms with Crippen LogP contribution in [0.2, 0.25) is 0 Å². The second-order valence-electron chi connectivity index (χ2n) is 6.25. The van der Waals surface area contributed by atoms with Crippen molar-refractivity contribution in [2.75, 3.05) is 50.1 Å². The van der Waals surface area contributed by atoms with Gasteiger partial charge in [-0.2, -0.15) is 5.26 Å². The summed E-state index contributed by atoms with van der Waals surface area (Å²) >= 11 is 0. The number of hydrogen-bond acceptors (Lipinski definition) is 6. The molecule has 2 aromatic heterocycles. The molecule has 1 fully saturated rings. The molecule has 0 N–H and O–H groups in total. The molecule has 0 atom stereocenters. The van der Waals surface area contributed by atoms with E-state index in [2.05, 4.69) is 57.0 Å². The molecule has 1 aliphatic heterocycles. The summed E-state index contributed by atoms with van der Waals surface area (Å²) in [5.74, 6) is 1.04. The Bertz CT molecular complexity index is 694. The van der Waals surface area contributed by atoms with E-state index in [9.17, 15) is 0 Å². The van der Waals surface area contributed by atoms with Gasteiger partial charge in [0.25, 0.3) is 0 Å². The fraction of sp³-hybridized carbons (Fsp3) is 0.389. The smallest absolute Gasteiger partial charge is 0.140 e. The molecule has 0 aromatic carbocycles. The second kappa shape index (κ2) is 7.28. The van der Waals surface area contributed by atoms with Crippen molar-refractivity contribution in [3.63, 3.8) is 0 Å². The molecule has 0 unspecified atom stereocenters. The minimum atomic E-state index is 0.458. The number of aromatic nitrogens is 2. The predicted octanol–water partition coefficient (Wildman–Crippen LogP) is 1.74. The Hall–Kier alpha value is -2.65. The van der Waals surface area contributed by atoms with Crippen LogP contribution >= 0.6 is 0 Å². The van der Waals surface area contributed by atoms with E-state index in [0.717, 1.165) is 44.2 Å². The van der Waals surface area contributed by atoms with Crippen molar-refractivity contribution in [1.29, 1.82) is 5.26 Å². The average Bonchev–Trinajstić information content (AvgIpc) is 2.62. The highest BCUT2D eigenvalue weighted by molar-refractivity contribution is 5.49. The zero-order valence-electron chi connectivity index (χ0n) is 14.2. The van der Waals surface area contributed by atoms with Gasteiger partial charge in [-0.3, -0.25) is 0 Å². The van der Waals surface area contributed by atoms with Crippen LogP contribution < -0.4 is 9.80 Å². The lowest BCUT2D eigenvalue weighted by Crippen LogP contribution is -2.46. The Balaban J connectivity index is 1.59. The second-order valence-corrected chi connectivity index (χ2v) is 6.25. The molecular formula is C18H22N6. The summed E-state index contributed by atoms with van der Waals surface area (Å²) in [6.45, 7) is 4.62. The SMILES string of the molecule is CN(C)Cc1ccc(N2CCN(c3ccc(C#N)nc3)CC2)nc1. The number of pyridine rings is 2. The van der Waals surface area contributed by atoms with Gasteiger partial charge in [-0.25, -0.2) is 9.97 Å². The summed E-state index contributed by atoms with van der Waals surface area (Å²) in [6.07, 6.45) is 3.74. The highest BCUT2D eigenvalue weighted by atomic mass is 15.3. The largest absolute Gasteiger partial charge is 0.367 e. The van der Waals surface area contributed by atoms with E-state index in [1.54, 1.807) is 12.3 Å². The molecule has 2 aromatic rings. The van der Waals surface area contributed by atoms with Crippen LogP contribution in [0.3, 0.4) is 0 Å². The zero-order valence-corrected chi connectivity index (χ0v) is 14.2. The summed E-state index contributed by atoms with van der Waals surface area (Å²) < 4.78 is 0. The summed E-state index contributed by atoms with van der Waals surface area (Å²) in [7, 11) is 4.12. The fourth-order valence-electron chi connectivity index (χ4n) is 2.90. The predicted molar refractivity (Wildman–Crippen MR) is 95.0 cm³/mol. The first-order valence-electron chi connectivity index (χ1n) is 8.11. The topological polar surface area (TPSA) is 59.3 Å². The third kappa shape index (κ3) is 3.81. The van der Waals surface area contributed by atoms with Gasteiger partial charge in [-0.15, -0.1) is 0 Å². The Morgan fingerprint density at radius 1 is 1.00 bits per heavy atom. The average molecular weight is 322 g/mol. The van der Waals surface area contributed by atoms with Crippen LogP contribution in [0.4, 0.5) is 11.5 Å². The van der Waals surface area contributed by atoms with Crippen molar-refractivity contribution < 1.29 is 0 Å². The number of anilines is 2. The molecule has 6 nitrogen and oxygen atoms in total. The monoisotopic (exact) mass is 322 g/mol. The van der Waals surface area contributed by atoms with Gasteiger partial charge in [0.2, 0.25) is 0 Å². The third-order valence-electron chi connectivity index (χ3n) is 4.14. The Morgan fingerprint density at radius 2 is 1.75 bits per heavy atom. The van der Waals surface area contributed by atoms with Crippen molar-refractivity contribution in [3.05, 3.63) is 47.9 Å². The van der Waals surface area contributed by atoms with Gasteiger partial charge in [0.15, 0.2) is 0 Å². The summed E-state index contributed by atoms with van der Waals surface area (Å²) in [5.41, 5.74) is 2.76. The molecule has 124 valence electrons. The minimum absolute atomic E-state index is 0.458. The maximum absolute atomic E-state index is 8.82. The van der Waals surface area contributed by atoms with Crippen LogP contribution in [0.15, 0.2) is 36.7 Å². The van der Waals surface area contributed by atoms with Crippen molar-refractivity contribution in [1.82, 2.24) is 14.9 Å². The van der Waals surface area contributed by atoms with E-state index < -0.39 is 0 Å². The minimum Gasteiger partial charge on any atom is -0.367 e. The van der Waals surface area contributed by atoms with Crippen molar-refractivity contribution >= 4 is 11.5 Å². The first kappa shape index (κ1) is 16.2. The van der Waals surface area contributed by atoms with E-state index >= 15 is 0 Å². The molecule has 3 heterocycles. The van der Waals surface area contributed by atoms with Gasteiger partial charge < -0.3 is 14.7 Å². The molecule has 6 heteroatoms.